The quantitative estimate of drug-likeness (QED) is 0.720. The second kappa shape index (κ2) is 6.03. The van der Waals surface area contributed by atoms with Gasteiger partial charge in [0.15, 0.2) is 0 Å². The Hall–Kier alpha value is -2.77. The van der Waals surface area contributed by atoms with Crippen molar-refractivity contribution < 1.29 is 23.6 Å². The van der Waals surface area contributed by atoms with Crippen LogP contribution < -0.4 is 0 Å². The number of carbonyl (C=O) groups excluding carboxylic acids is 4. The number of halogens is 1. The summed E-state index contributed by atoms with van der Waals surface area (Å²) in [4.78, 5) is 52.0. The molecule has 1 aromatic carbocycles. The van der Waals surface area contributed by atoms with E-state index < -0.39 is 30.1 Å². The fourth-order valence-electron chi connectivity index (χ4n) is 2.94. The lowest BCUT2D eigenvalue weighted by Crippen LogP contribution is -2.52. The summed E-state index contributed by atoms with van der Waals surface area (Å²) in [6, 6.07) is 3.83. The van der Waals surface area contributed by atoms with Crippen LogP contribution in [-0.2, 0) is 9.59 Å². The second-order valence-corrected chi connectivity index (χ2v) is 5.75. The molecule has 0 N–H and O–H groups in total. The maximum absolute atomic E-state index is 13.8. The van der Waals surface area contributed by atoms with Gasteiger partial charge in [-0.05, 0) is 12.1 Å². The third-order valence-electron chi connectivity index (χ3n) is 4.32. The van der Waals surface area contributed by atoms with E-state index in [-0.39, 0.29) is 17.0 Å². The van der Waals surface area contributed by atoms with Crippen LogP contribution in [0.25, 0.3) is 0 Å². The van der Waals surface area contributed by atoms with Crippen molar-refractivity contribution in [1.82, 2.24) is 14.7 Å². The van der Waals surface area contributed by atoms with Gasteiger partial charge in [-0.3, -0.25) is 24.1 Å². The number of amides is 4. The number of rotatable bonds is 2. The monoisotopic (exact) mass is 333 g/mol. The van der Waals surface area contributed by atoms with Crippen LogP contribution in [0.1, 0.15) is 27.6 Å². The zero-order valence-electron chi connectivity index (χ0n) is 13.1. The number of piperazine rings is 1. The molecule has 1 fully saturated rings. The predicted octanol–water partition coefficient (Wildman–Crippen LogP) is 0.112. The fourth-order valence-corrected chi connectivity index (χ4v) is 2.94. The Morgan fingerprint density at radius 2 is 1.67 bits per heavy atom. The third-order valence-corrected chi connectivity index (χ3v) is 4.32. The lowest BCUT2D eigenvalue weighted by molar-refractivity contribution is -0.138. The largest absolute Gasteiger partial charge is 0.339 e. The van der Waals surface area contributed by atoms with Crippen LogP contribution in [0.2, 0.25) is 0 Å². The van der Waals surface area contributed by atoms with Gasteiger partial charge in [-0.15, -0.1) is 0 Å². The molecule has 0 atom stereocenters. The molecule has 2 aliphatic rings. The summed E-state index contributed by atoms with van der Waals surface area (Å²) in [6.07, 6.45) is 0. The first-order valence-corrected chi connectivity index (χ1v) is 7.58. The minimum absolute atomic E-state index is 0.0193. The zero-order valence-corrected chi connectivity index (χ0v) is 13.1. The van der Waals surface area contributed by atoms with E-state index in [1.165, 1.54) is 24.0 Å². The van der Waals surface area contributed by atoms with Crippen molar-refractivity contribution >= 4 is 23.6 Å². The standard InChI is InChI=1S/C16H16FN3O4/c1-10(21)18-5-7-19(8-6-18)13(22)9-20-15(23)11-3-2-4-12(17)14(11)16(20)24/h2-4H,5-9H2,1H3. The topological polar surface area (TPSA) is 78.0 Å². The summed E-state index contributed by atoms with van der Waals surface area (Å²) in [5.41, 5.74) is -0.300. The van der Waals surface area contributed by atoms with Crippen molar-refractivity contribution in [2.45, 2.75) is 6.92 Å². The van der Waals surface area contributed by atoms with Gasteiger partial charge in [0.2, 0.25) is 11.8 Å². The van der Waals surface area contributed by atoms with Crippen LogP contribution in [0.4, 0.5) is 4.39 Å². The van der Waals surface area contributed by atoms with Gasteiger partial charge in [0.05, 0.1) is 11.1 Å². The molecule has 4 amide bonds. The number of carbonyl (C=O) groups is 4. The Morgan fingerprint density at radius 1 is 1.04 bits per heavy atom. The van der Waals surface area contributed by atoms with Crippen LogP contribution in [0, 0.1) is 5.82 Å². The number of nitrogens with zero attached hydrogens (tertiary/aromatic N) is 3. The highest BCUT2D eigenvalue weighted by Crippen LogP contribution is 2.25. The first-order valence-electron chi connectivity index (χ1n) is 7.58. The van der Waals surface area contributed by atoms with Gasteiger partial charge in [-0.1, -0.05) is 6.07 Å². The molecule has 2 heterocycles. The molecule has 0 saturated carbocycles. The fraction of sp³-hybridized carbons (Fsp3) is 0.375. The number of hydrogen-bond donors (Lipinski definition) is 0. The Balaban J connectivity index is 1.68. The molecule has 3 rings (SSSR count). The molecule has 126 valence electrons. The summed E-state index contributed by atoms with van der Waals surface area (Å²) in [5.74, 6) is -2.67. The summed E-state index contributed by atoms with van der Waals surface area (Å²) in [5, 5.41) is 0. The van der Waals surface area contributed by atoms with Gasteiger partial charge in [-0.25, -0.2) is 4.39 Å². The number of hydrogen-bond acceptors (Lipinski definition) is 4. The molecule has 0 aliphatic carbocycles. The van der Waals surface area contributed by atoms with Crippen LogP contribution in [0.15, 0.2) is 18.2 Å². The highest BCUT2D eigenvalue weighted by atomic mass is 19.1. The Labute approximate surface area is 137 Å². The molecular formula is C16H16FN3O4. The molecule has 0 bridgehead atoms. The molecule has 7 nitrogen and oxygen atoms in total. The highest BCUT2D eigenvalue weighted by molar-refractivity contribution is 6.22. The molecule has 2 aliphatic heterocycles. The average Bonchev–Trinajstić information content (AvgIpc) is 2.81. The van der Waals surface area contributed by atoms with Gasteiger partial charge >= 0.3 is 0 Å². The molecule has 0 spiro atoms. The maximum Gasteiger partial charge on any atom is 0.265 e. The average molecular weight is 333 g/mol. The van der Waals surface area contributed by atoms with E-state index in [0.29, 0.717) is 26.2 Å². The van der Waals surface area contributed by atoms with E-state index in [0.717, 1.165) is 11.0 Å². The molecular weight excluding hydrogens is 317 g/mol. The van der Waals surface area contributed by atoms with E-state index in [4.69, 9.17) is 0 Å². The van der Waals surface area contributed by atoms with Gasteiger partial charge in [0.25, 0.3) is 11.8 Å². The summed E-state index contributed by atoms with van der Waals surface area (Å²) >= 11 is 0. The molecule has 1 aromatic rings. The second-order valence-electron chi connectivity index (χ2n) is 5.75. The normalized spacial score (nSPS) is 17.3. The van der Waals surface area contributed by atoms with E-state index in [9.17, 15) is 23.6 Å². The highest BCUT2D eigenvalue weighted by Gasteiger charge is 2.39. The van der Waals surface area contributed by atoms with Gasteiger partial charge < -0.3 is 9.80 Å². The molecule has 24 heavy (non-hydrogen) atoms. The van der Waals surface area contributed by atoms with Crippen molar-refractivity contribution in [3.8, 4) is 0 Å². The lowest BCUT2D eigenvalue weighted by atomic mass is 10.1. The summed E-state index contributed by atoms with van der Waals surface area (Å²) in [7, 11) is 0. The zero-order chi connectivity index (χ0) is 17.4. The van der Waals surface area contributed by atoms with Gasteiger partial charge in [-0.2, -0.15) is 0 Å². The molecule has 1 saturated heterocycles. The van der Waals surface area contributed by atoms with E-state index in [1.807, 2.05) is 0 Å². The predicted molar refractivity (Wildman–Crippen MR) is 80.6 cm³/mol. The maximum atomic E-state index is 13.8. The number of imide groups is 1. The van der Waals surface area contributed by atoms with E-state index >= 15 is 0 Å². The first kappa shape index (κ1) is 16.1. The van der Waals surface area contributed by atoms with Gasteiger partial charge in [0, 0.05) is 33.1 Å². The van der Waals surface area contributed by atoms with Gasteiger partial charge in [0.1, 0.15) is 12.4 Å². The Kier molecular flexibility index (Phi) is 4.04. The van der Waals surface area contributed by atoms with Crippen LogP contribution in [-0.4, -0.2) is 71.1 Å². The van der Waals surface area contributed by atoms with E-state index in [1.54, 1.807) is 4.90 Å². The SMILES string of the molecule is CC(=O)N1CCN(C(=O)CN2C(=O)c3cccc(F)c3C2=O)CC1. The van der Waals surface area contributed by atoms with Crippen molar-refractivity contribution in [2.75, 3.05) is 32.7 Å². The smallest absolute Gasteiger partial charge is 0.265 e. The first-order chi connectivity index (χ1) is 11.4. The minimum Gasteiger partial charge on any atom is -0.339 e. The molecule has 0 unspecified atom stereocenters. The minimum atomic E-state index is -0.788. The lowest BCUT2D eigenvalue weighted by Gasteiger charge is -2.34. The molecule has 0 aromatic heterocycles. The van der Waals surface area contributed by atoms with E-state index in [2.05, 4.69) is 0 Å². The Morgan fingerprint density at radius 3 is 2.25 bits per heavy atom. The summed E-state index contributed by atoms with van der Waals surface area (Å²) in [6.45, 7) is 2.55. The summed E-state index contributed by atoms with van der Waals surface area (Å²) < 4.78 is 13.8. The number of fused-ring (bicyclic) bond motifs is 1. The van der Waals surface area contributed by atoms with Crippen LogP contribution in [0.5, 0.6) is 0 Å². The van der Waals surface area contributed by atoms with Crippen molar-refractivity contribution in [3.63, 3.8) is 0 Å². The van der Waals surface area contributed by atoms with Crippen LogP contribution in [0.3, 0.4) is 0 Å². The van der Waals surface area contributed by atoms with Crippen molar-refractivity contribution in [3.05, 3.63) is 35.1 Å². The van der Waals surface area contributed by atoms with Crippen molar-refractivity contribution in [1.29, 1.82) is 0 Å². The number of benzene rings is 1. The Bertz CT molecular complexity index is 741. The molecule has 8 heteroatoms. The van der Waals surface area contributed by atoms with Crippen molar-refractivity contribution in [2.24, 2.45) is 0 Å². The van der Waals surface area contributed by atoms with Crippen LogP contribution >= 0.6 is 0 Å². The third kappa shape index (κ3) is 2.64. The molecule has 0 radical (unpaired) electrons.